The van der Waals surface area contributed by atoms with Crippen LogP contribution in [-0.2, 0) is 15.8 Å². The predicted octanol–water partition coefficient (Wildman–Crippen LogP) is 3.93. The molecule has 22 heavy (non-hydrogen) atoms. The molecule has 0 saturated heterocycles. The Morgan fingerprint density at radius 2 is 1.41 bits per heavy atom. The van der Waals surface area contributed by atoms with Crippen LogP contribution in [0.3, 0.4) is 0 Å². The van der Waals surface area contributed by atoms with Gasteiger partial charge in [0.1, 0.15) is 0 Å². The monoisotopic (exact) mass is 288 g/mol. The molecule has 2 nitrogen and oxygen atoms in total. The van der Waals surface area contributed by atoms with Gasteiger partial charge < -0.3 is 4.74 Å². The topological polar surface area (TPSA) is 26.3 Å². The fourth-order valence-electron chi connectivity index (χ4n) is 5.66. The number of hydrogen-bond acceptors (Lipinski definition) is 2. The summed E-state index contributed by atoms with van der Waals surface area (Å²) in [5, 5.41) is 0. The van der Waals surface area contributed by atoms with Gasteiger partial charge in [-0.2, -0.15) is 0 Å². The van der Waals surface area contributed by atoms with E-state index in [9.17, 15) is 4.79 Å². The van der Waals surface area contributed by atoms with Crippen LogP contribution < -0.4 is 0 Å². The summed E-state index contributed by atoms with van der Waals surface area (Å²) in [6, 6.07) is 16.7. The molecule has 2 aromatic rings. The van der Waals surface area contributed by atoms with Gasteiger partial charge in [-0.3, -0.25) is 0 Å². The highest BCUT2D eigenvalue weighted by atomic mass is 16.6. The fourth-order valence-corrected chi connectivity index (χ4v) is 5.66. The number of esters is 1. The van der Waals surface area contributed by atoms with E-state index in [1.807, 2.05) is 18.2 Å². The molecule has 3 spiro atoms. The zero-order valence-corrected chi connectivity index (χ0v) is 12.3. The number of carbonyl (C=O) groups excluding carboxylic acids is 1. The van der Waals surface area contributed by atoms with Crippen molar-refractivity contribution in [3.05, 3.63) is 70.8 Å². The Bertz CT molecular complexity index is 858. The Kier molecular flexibility index (Phi) is 1.64. The molecule has 0 aromatic heterocycles. The number of rotatable bonds is 0. The van der Waals surface area contributed by atoms with Gasteiger partial charge in [0.2, 0.25) is 0 Å². The highest BCUT2D eigenvalue weighted by Gasteiger charge is 2.82. The maximum absolute atomic E-state index is 12.6. The number of benzene rings is 2. The van der Waals surface area contributed by atoms with Gasteiger partial charge in [-0.05, 0) is 37.3 Å². The maximum Gasteiger partial charge on any atom is 0.339 e. The van der Waals surface area contributed by atoms with Crippen molar-refractivity contribution < 1.29 is 9.53 Å². The summed E-state index contributed by atoms with van der Waals surface area (Å²) in [6.07, 6.45) is 4.82. The molecular formula is C20H16O2. The molecule has 2 heteroatoms. The number of hydrogen-bond donors (Lipinski definition) is 0. The minimum absolute atomic E-state index is 0.117. The van der Waals surface area contributed by atoms with Crippen LogP contribution in [0.4, 0.5) is 0 Å². The number of ether oxygens (including phenoxy) is 1. The SMILES string of the molecule is O=C1O[C@@]2(c3ccccc31)c1ccccc1C1(CC1)C21CC1. The average molecular weight is 288 g/mol. The zero-order valence-electron chi connectivity index (χ0n) is 12.3. The van der Waals surface area contributed by atoms with Crippen molar-refractivity contribution in [1.82, 2.24) is 0 Å². The highest BCUT2D eigenvalue weighted by molar-refractivity contribution is 5.96. The normalized spacial score (nSPS) is 30.5. The molecule has 6 rings (SSSR count). The van der Waals surface area contributed by atoms with E-state index >= 15 is 0 Å². The van der Waals surface area contributed by atoms with Crippen LogP contribution >= 0.6 is 0 Å². The summed E-state index contributed by atoms with van der Waals surface area (Å²) in [6.45, 7) is 0. The Hall–Kier alpha value is -2.09. The Balaban J connectivity index is 1.76. The van der Waals surface area contributed by atoms with Gasteiger partial charge in [0, 0.05) is 22.0 Å². The third kappa shape index (κ3) is 0.913. The summed E-state index contributed by atoms with van der Waals surface area (Å²) in [7, 11) is 0. The van der Waals surface area contributed by atoms with Crippen LogP contribution in [0, 0.1) is 5.41 Å². The second kappa shape index (κ2) is 3.15. The molecule has 0 N–H and O–H groups in total. The molecule has 108 valence electrons. The lowest BCUT2D eigenvalue weighted by Gasteiger charge is -2.35. The van der Waals surface area contributed by atoms with E-state index in [2.05, 4.69) is 30.3 Å². The van der Waals surface area contributed by atoms with Crippen molar-refractivity contribution in [2.75, 3.05) is 0 Å². The van der Waals surface area contributed by atoms with Gasteiger partial charge in [-0.25, -0.2) is 4.79 Å². The van der Waals surface area contributed by atoms with E-state index in [4.69, 9.17) is 4.74 Å². The van der Waals surface area contributed by atoms with E-state index in [-0.39, 0.29) is 16.8 Å². The van der Waals surface area contributed by atoms with Gasteiger partial charge >= 0.3 is 5.97 Å². The summed E-state index contributed by atoms with van der Waals surface area (Å²) in [5.74, 6) is -0.144. The molecular weight excluding hydrogens is 272 g/mol. The third-order valence-corrected chi connectivity index (χ3v) is 6.68. The third-order valence-electron chi connectivity index (χ3n) is 6.68. The quantitative estimate of drug-likeness (QED) is 0.687. The smallest absolute Gasteiger partial charge is 0.339 e. The number of fused-ring (bicyclic) bond motifs is 7. The van der Waals surface area contributed by atoms with E-state index in [0.29, 0.717) is 0 Å². The van der Waals surface area contributed by atoms with Gasteiger partial charge in [0.05, 0.1) is 5.56 Å². The van der Waals surface area contributed by atoms with Crippen molar-refractivity contribution in [1.29, 1.82) is 0 Å². The molecule has 2 saturated carbocycles. The minimum atomic E-state index is -0.520. The van der Waals surface area contributed by atoms with E-state index in [0.717, 1.165) is 11.1 Å². The van der Waals surface area contributed by atoms with Crippen molar-refractivity contribution in [2.24, 2.45) is 5.41 Å². The summed E-state index contributed by atoms with van der Waals surface area (Å²) >= 11 is 0. The van der Waals surface area contributed by atoms with Gasteiger partial charge in [-0.15, -0.1) is 0 Å². The van der Waals surface area contributed by atoms with Crippen molar-refractivity contribution in [3.8, 4) is 0 Å². The molecule has 0 bridgehead atoms. The lowest BCUT2D eigenvalue weighted by atomic mass is 9.73. The van der Waals surface area contributed by atoms with E-state index < -0.39 is 5.60 Å². The molecule has 1 aliphatic heterocycles. The maximum atomic E-state index is 12.6. The molecule has 2 aromatic carbocycles. The van der Waals surface area contributed by atoms with Gasteiger partial charge in [0.25, 0.3) is 0 Å². The average Bonchev–Trinajstić information content (AvgIpc) is 3.44. The largest absolute Gasteiger partial charge is 0.445 e. The van der Waals surface area contributed by atoms with E-state index in [1.165, 1.54) is 36.8 Å². The molecule has 1 atom stereocenters. The first kappa shape index (κ1) is 11.5. The summed E-state index contributed by atoms with van der Waals surface area (Å²) < 4.78 is 6.22. The Morgan fingerprint density at radius 3 is 2.09 bits per heavy atom. The Morgan fingerprint density at radius 1 is 0.773 bits per heavy atom. The van der Waals surface area contributed by atoms with Gasteiger partial charge in [-0.1, -0.05) is 42.5 Å². The molecule has 2 fully saturated rings. The van der Waals surface area contributed by atoms with Crippen LogP contribution in [0.2, 0.25) is 0 Å². The first-order valence-electron chi connectivity index (χ1n) is 8.18. The first-order valence-corrected chi connectivity index (χ1v) is 8.18. The predicted molar refractivity (Wildman–Crippen MR) is 81.7 cm³/mol. The van der Waals surface area contributed by atoms with Crippen molar-refractivity contribution >= 4 is 5.97 Å². The second-order valence-electron chi connectivity index (χ2n) is 7.33. The molecule has 0 radical (unpaired) electrons. The summed E-state index contributed by atoms with van der Waals surface area (Å²) in [5.41, 5.74) is 4.43. The van der Waals surface area contributed by atoms with Crippen LogP contribution in [0.15, 0.2) is 48.5 Å². The highest BCUT2D eigenvalue weighted by Crippen LogP contribution is 2.84. The molecule has 0 unspecified atom stereocenters. The van der Waals surface area contributed by atoms with E-state index in [1.54, 1.807) is 0 Å². The van der Waals surface area contributed by atoms with Crippen LogP contribution in [-0.4, -0.2) is 5.97 Å². The van der Waals surface area contributed by atoms with Crippen LogP contribution in [0.5, 0.6) is 0 Å². The van der Waals surface area contributed by atoms with Crippen LogP contribution in [0.25, 0.3) is 0 Å². The minimum Gasteiger partial charge on any atom is -0.445 e. The molecule has 0 amide bonds. The van der Waals surface area contributed by atoms with Crippen molar-refractivity contribution in [3.63, 3.8) is 0 Å². The molecule has 1 heterocycles. The fraction of sp³-hybridized carbons (Fsp3) is 0.350. The summed E-state index contributed by atoms with van der Waals surface area (Å²) in [4.78, 5) is 12.6. The lowest BCUT2D eigenvalue weighted by Crippen LogP contribution is -2.38. The molecule has 4 aliphatic rings. The van der Waals surface area contributed by atoms with Gasteiger partial charge in [0.15, 0.2) is 5.60 Å². The second-order valence-corrected chi connectivity index (χ2v) is 7.33. The first-order chi connectivity index (χ1) is 10.8. The lowest BCUT2D eigenvalue weighted by molar-refractivity contribution is -0.0272. The molecule has 3 aliphatic carbocycles. The van der Waals surface area contributed by atoms with Crippen LogP contribution in [0.1, 0.15) is 52.7 Å². The number of carbonyl (C=O) groups is 1. The standard InChI is InChI=1S/C20H16O2/c21-17-13-5-1-2-6-14(13)20(22-17)16-8-4-3-7-15(16)18(9-10-18)19(20)11-12-19/h1-8H,9-12H2/t20-/m0/s1. The van der Waals surface area contributed by atoms with Crippen molar-refractivity contribution in [2.45, 2.75) is 36.7 Å². The Labute approximate surface area is 129 Å². The zero-order chi connectivity index (χ0) is 14.6.